The fourth-order valence-corrected chi connectivity index (χ4v) is 3.75. The Hall–Kier alpha value is -3.19. The van der Waals surface area contributed by atoms with Crippen molar-refractivity contribution in [2.24, 2.45) is 5.92 Å². The van der Waals surface area contributed by atoms with E-state index in [1.54, 1.807) is 12.3 Å². The molecule has 3 aromatic rings. The lowest BCUT2D eigenvalue weighted by Crippen LogP contribution is -2.17. The Labute approximate surface area is 195 Å². The summed E-state index contributed by atoms with van der Waals surface area (Å²) in [5.41, 5.74) is 4.99. The third-order valence-electron chi connectivity index (χ3n) is 5.53. The van der Waals surface area contributed by atoms with Crippen LogP contribution in [0.5, 0.6) is 0 Å². The smallest absolute Gasteiger partial charge is 0.338 e. The summed E-state index contributed by atoms with van der Waals surface area (Å²) in [4.78, 5) is 28.9. The van der Waals surface area contributed by atoms with Crippen LogP contribution >= 0.6 is 15.9 Å². The minimum atomic E-state index is -0.358. The molecule has 7 heteroatoms. The van der Waals surface area contributed by atoms with E-state index in [0.29, 0.717) is 23.6 Å². The van der Waals surface area contributed by atoms with Gasteiger partial charge in [-0.25, -0.2) is 9.78 Å². The zero-order valence-corrected chi connectivity index (χ0v) is 19.5. The molecule has 6 nitrogen and oxygen atoms in total. The number of anilines is 2. The van der Waals surface area contributed by atoms with Gasteiger partial charge in [-0.1, -0.05) is 42.5 Å². The van der Waals surface area contributed by atoms with E-state index in [9.17, 15) is 9.59 Å². The number of rotatable bonds is 7. The summed E-state index contributed by atoms with van der Waals surface area (Å²) in [6.45, 7) is 2.49. The lowest BCUT2D eigenvalue weighted by Gasteiger charge is -2.16. The molecule has 1 fully saturated rings. The number of methoxy groups -OCH3 is 1. The van der Waals surface area contributed by atoms with Gasteiger partial charge in [0, 0.05) is 23.1 Å². The highest BCUT2D eigenvalue weighted by atomic mass is 79.9. The third-order valence-corrected chi connectivity index (χ3v) is 6.33. The third kappa shape index (κ3) is 4.83. The first-order chi connectivity index (χ1) is 15.5. The highest BCUT2D eigenvalue weighted by molar-refractivity contribution is 9.10. The molecule has 1 aliphatic rings. The van der Waals surface area contributed by atoms with Crippen molar-refractivity contribution in [3.63, 3.8) is 0 Å². The van der Waals surface area contributed by atoms with Gasteiger partial charge in [-0.05, 0) is 64.0 Å². The first-order valence-electron chi connectivity index (χ1n) is 10.4. The van der Waals surface area contributed by atoms with Crippen LogP contribution in [0.1, 0.15) is 34.3 Å². The van der Waals surface area contributed by atoms with Crippen LogP contribution in [0, 0.1) is 12.8 Å². The number of carbonyl (C=O) groups is 2. The predicted molar refractivity (Wildman–Crippen MR) is 129 cm³/mol. The Morgan fingerprint density at radius 1 is 1.12 bits per heavy atom. The molecule has 164 valence electrons. The summed E-state index contributed by atoms with van der Waals surface area (Å²) in [5.74, 6) is 0.440. The minimum absolute atomic E-state index is 0.0460. The van der Waals surface area contributed by atoms with E-state index in [0.717, 1.165) is 39.6 Å². The predicted octanol–water partition coefficient (Wildman–Crippen LogP) is 5.57. The standard InChI is InChI=1S/C25H24BrN3O3/c1-15-21(26)14-28-23(22(15)29-24(30)18-11-12-18)27-13-16-7-9-17(10-8-16)19-5-3-4-6-20(19)25(31)32-2/h3-10,14,18H,11-13H2,1-2H3,(H,27,28)(H,29,30). The number of carbonyl (C=O) groups excluding carboxylic acids is 2. The number of pyridine rings is 1. The molecule has 2 N–H and O–H groups in total. The van der Waals surface area contributed by atoms with Gasteiger partial charge in [0.05, 0.1) is 18.4 Å². The van der Waals surface area contributed by atoms with Gasteiger partial charge >= 0.3 is 5.97 Å². The molecule has 32 heavy (non-hydrogen) atoms. The van der Waals surface area contributed by atoms with Crippen LogP contribution in [0.3, 0.4) is 0 Å². The van der Waals surface area contributed by atoms with Crippen LogP contribution in [0.25, 0.3) is 11.1 Å². The van der Waals surface area contributed by atoms with Gasteiger partial charge in [0.2, 0.25) is 5.91 Å². The monoisotopic (exact) mass is 493 g/mol. The largest absolute Gasteiger partial charge is 0.465 e. The SMILES string of the molecule is COC(=O)c1ccccc1-c1ccc(CNc2ncc(Br)c(C)c2NC(=O)C2CC2)cc1. The molecule has 4 rings (SSSR count). The van der Waals surface area contributed by atoms with Crippen LogP contribution < -0.4 is 10.6 Å². The molecule has 0 spiro atoms. The van der Waals surface area contributed by atoms with E-state index in [1.807, 2.05) is 49.4 Å². The summed E-state index contributed by atoms with van der Waals surface area (Å²) in [5, 5.41) is 6.37. The average Bonchev–Trinajstić information content (AvgIpc) is 3.67. The number of halogens is 1. The van der Waals surface area contributed by atoms with Gasteiger partial charge in [-0.15, -0.1) is 0 Å². The van der Waals surface area contributed by atoms with E-state index in [2.05, 4.69) is 31.5 Å². The Kier molecular flexibility index (Phi) is 6.55. The topological polar surface area (TPSA) is 80.3 Å². The number of aromatic nitrogens is 1. The first kappa shape index (κ1) is 22.0. The maximum atomic E-state index is 12.3. The maximum absolute atomic E-state index is 12.3. The lowest BCUT2D eigenvalue weighted by molar-refractivity contribution is -0.117. The van der Waals surface area contributed by atoms with Crippen molar-refractivity contribution in [3.05, 3.63) is 75.9 Å². The van der Waals surface area contributed by atoms with Crippen molar-refractivity contribution in [2.45, 2.75) is 26.3 Å². The molecule has 1 heterocycles. The Morgan fingerprint density at radius 2 is 1.84 bits per heavy atom. The molecule has 0 radical (unpaired) electrons. The molecule has 0 saturated heterocycles. The number of benzene rings is 2. The fourth-order valence-electron chi connectivity index (χ4n) is 3.45. The normalized spacial score (nSPS) is 12.8. The Bertz CT molecular complexity index is 1160. The van der Waals surface area contributed by atoms with Crippen molar-refractivity contribution in [1.82, 2.24) is 4.98 Å². The van der Waals surface area contributed by atoms with E-state index >= 15 is 0 Å². The molecule has 0 unspecified atom stereocenters. The van der Waals surface area contributed by atoms with E-state index < -0.39 is 0 Å². The Balaban J connectivity index is 1.50. The van der Waals surface area contributed by atoms with Crippen LogP contribution in [0.2, 0.25) is 0 Å². The van der Waals surface area contributed by atoms with Gasteiger partial charge in [0.25, 0.3) is 0 Å². The number of ether oxygens (including phenoxy) is 1. The molecule has 0 bridgehead atoms. The molecule has 0 atom stereocenters. The van der Waals surface area contributed by atoms with Crippen LogP contribution in [-0.4, -0.2) is 24.0 Å². The molecule has 1 aromatic heterocycles. The molecule has 1 aliphatic carbocycles. The average molecular weight is 494 g/mol. The fraction of sp³-hybridized carbons (Fsp3) is 0.240. The van der Waals surface area contributed by atoms with Gasteiger partial charge < -0.3 is 15.4 Å². The second-order valence-electron chi connectivity index (χ2n) is 7.81. The highest BCUT2D eigenvalue weighted by Crippen LogP contribution is 2.34. The van der Waals surface area contributed by atoms with Crippen molar-refractivity contribution >= 4 is 39.3 Å². The number of hydrogen-bond acceptors (Lipinski definition) is 5. The zero-order valence-electron chi connectivity index (χ0n) is 17.9. The number of nitrogens with zero attached hydrogens (tertiary/aromatic N) is 1. The van der Waals surface area contributed by atoms with Crippen molar-refractivity contribution in [3.8, 4) is 11.1 Å². The van der Waals surface area contributed by atoms with Crippen molar-refractivity contribution < 1.29 is 14.3 Å². The second-order valence-corrected chi connectivity index (χ2v) is 8.66. The number of nitrogens with one attached hydrogen (secondary N) is 2. The van der Waals surface area contributed by atoms with Gasteiger partial charge in [0.1, 0.15) is 5.82 Å². The summed E-state index contributed by atoms with van der Waals surface area (Å²) in [6, 6.07) is 15.4. The Morgan fingerprint density at radius 3 is 2.53 bits per heavy atom. The number of amides is 1. The summed E-state index contributed by atoms with van der Waals surface area (Å²) in [7, 11) is 1.38. The maximum Gasteiger partial charge on any atom is 0.338 e. The van der Waals surface area contributed by atoms with Gasteiger partial charge in [0.15, 0.2) is 0 Å². The molecule has 1 amide bonds. The number of esters is 1. The summed E-state index contributed by atoms with van der Waals surface area (Å²) < 4.78 is 5.75. The van der Waals surface area contributed by atoms with E-state index in [4.69, 9.17) is 4.74 Å². The highest BCUT2D eigenvalue weighted by Gasteiger charge is 2.30. The quantitative estimate of drug-likeness (QED) is 0.420. The molecule has 1 saturated carbocycles. The molecular weight excluding hydrogens is 470 g/mol. The van der Waals surface area contributed by atoms with E-state index in [1.165, 1.54) is 7.11 Å². The van der Waals surface area contributed by atoms with Crippen molar-refractivity contribution in [2.75, 3.05) is 17.7 Å². The molecule has 0 aliphatic heterocycles. The number of hydrogen-bond donors (Lipinski definition) is 2. The van der Waals surface area contributed by atoms with E-state index in [-0.39, 0.29) is 17.8 Å². The van der Waals surface area contributed by atoms with Gasteiger partial charge in [-0.3, -0.25) is 4.79 Å². The minimum Gasteiger partial charge on any atom is -0.465 e. The van der Waals surface area contributed by atoms with Crippen LogP contribution in [0.15, 0.2) is 59.2 Å². The van der Waals surface area contributed by atoms with Gasteiger partial charge in [-0.2, -0.15) is 0 Å². The van der Waals surface area contributed by atoms with Crippen LogP contribution in [-0.2, 0) is 16.1 Å². The van der Waals surface area contributed by atoms with Crippen molar-refractivity contribution in [1.29, 1.82) is 0 Å². The summed E-state index contributed by atoms with van der Waals surface area (Å²) >= 11 is 3.50. The molecule has 2 aromatic carbocycles. The van der Waals surface area contributed by atoms with Crippen LogP contribution in [0.4, 0.5) is 11.5 Å². The second kappa shape index (κ2) is 9.53. The lowest BCUT2D eigenvalue weighted by atomic mass is 9.98. The zero-order chi connectivity index (χ0) is 22.7. The first-order valence-corrected chi connectivity index (χ1v) is 11.2. The summed E-state index contributed by atoms with van der Waals surface area (Å²) in [6.07, 6.45) is 3.62. The molecular formula is C25H24BrN3O3.